The van der Waals surface area contributed by atoms with E-state index in [4.69, 9.17) is 0 Å². The van der Waals surface area contributed by atoms with Gasteiger partial charge in [0, 0.05) is 20.0 Å². The van der Waals surface area contributed by atoms with Crippen LogP contribution in [0.3, 0.4) is 0 Å². The van der Waals surface area contributed by atoms with Crippen molar-refractivity contribution < 1.29 is 4.79 Å². The van der Waals surface area contributed by atoms with Crippen molar-refractivity contribution in [2.75, 3.05) is 6.54 Å². The van der Waals surface area contributed by atoms with Crippen molar-refractivity contribution in [1.29, 1.82) is 0 Å². The van der Waals surface area contributed by atoms with E-state index in [0.717, 1.165) is 13.1 Å². The molecule has 2 nitrogen and oxygen atoms in total. The molecule has 2 rings (SSSR count). The Kier molecular flexibility index (Phi) is 2.28. The fourth-order valence-electron chi connectivity index (χ4n) is 2.10. The van der Waals surface area contributed by atoms with E-state index >= 15 is 0 Å². The maximum absolute atomic E-state index is 11.3. The minimum Gasteiger partial charge on any atom is -0.338 e. The van der Waals surface area contributed by atoms with Gasteiger partial charge >= 0.3 is 0 Å². The summed E-state index contributed by atoms with van der Waals surface area (Å²) < 4.78 is 0. The number of amides is 1. The summed E-state index contributed by atoms with van der Waals surface area (Å²) >= 11 is 0. The summed E-state index contributed by atoms with van der Waals surface area (Å²) in [5.74, 6) is 0.634. The molecule has 2 heteroatoms. The highest BCUT2D eigenvalue weighted by Gasteiger charge is 2.22. The van der Waals surface area contributed by atoms with E-state index in [0.29, 0.717) is 5.92 Å². The molecule has 1 atom stereocenters. The molecule has 1 unspecified atom stereocenters. The van der Waals surface area contributed by atoms with E-state index in [1.54, 1.807) is 6.92 Å². The standard InChI is InChI=1S/C12H15NO/c1-9-7-13(10(2)14)8-11-5-3-4-6-12(9)11/h3-6,9H,7-8H2,1-2H3. The van der Waals surface area contributed by atoms with Crippen LogP contribution in [0, 0.1) is 0 Å². The van der Waals surface area contributed by atoms with Crippen molar-refractivity contribution >= 4 is 5.91 Å². The van der Waals surface area contributed by atoms with Crippen LogP contribution in [0.25, 0.3) is 0 Å². The first-order valence-electron chi connectivity index (χ1n) is 5.02. The third kappa shape index (κ3) is 1.52. The molecule has 1 aromatic rings. The highest BCUT2D eigenvalue weighted by molar-refractivity contribution is 5.73. The van der Waals surface area contributed by atoms with Crippen LogP contribution in [0.4, 0.5) is 0 Å². The fourth-order valence-corrected chi connectivity index (χ4v) is 2.10. The van der Waals surface area contributed by atoms with Crippen LogP contribution in [0.1, 0.15) is 30.9 Å². The van der Waals surface area contributed by atoms with Crippen LogP contribution < -0.4 is 0 Å². The summed E-state index contributed by atoms with van der Waals surface area (Å²) in [5.41, 5.74) is 2.69. The molecule has 0 bridgehead atoms. The van der Waals surface area contributed by atoms with Gasteiger partial charge in [0.15, 0.2) is 0 Å². The molecule has 0 aromatic heterocycles. The highest BCUT2D eigenvalue weighted by atomic mass is 16.2. The summed E-state index contributed by atoms with van der Waals surface area (Å²) in [7, 11) is 0. The van der Waals surface area contributed by atoms with Crippen LogP contribution in [0.5, 0.6) is 0 Å². The summed E-state index contributed by atoms with van der Waals surface area (Å²) in [6, 6.07) is 8.38. The van der Waals surface area contributed by atoms with Crippen molar-refractivity contribution in [1.82, 2.24) is 4.90 Å². The molecular weight excluding hydrogens is 174 g/mol. The van der Waals surface area contributed by atoms with Gasteiger partial charge in [-0.05, 0) is 17.0 Å². The van der Waals surface area contributed by atoms with Gasteiger partial charge in [-0.15, -0.1) is 0 Å². The van der Waals surface area contributed by atoms with Gasteiger partial charge < -0.3 is 4.90 Å². The lowest BCUT2D eigenvalue weighted by Crippen LogP contribution is -2.35. The highest BCUT2D eigenvalue weighted by Crippen LogP contribution is 2.27. The zero-order chi connectivity index (χ0) is 10.1. The Morgan fingerprint density at radius 1 is 1.43 bits per heavy atom. The first kappa shape index (κ1) is 9.25. The van der Waals surface area contributed by atoms with Gasteiger partial charge in [0.05, 0.1) is 0 Å². The van der Waals surface area contributed by atoms with Crippen LogP contribution in [0.15, 0.2) is 24.3 Å². The normalized spacial score (nSPS) is 20.4. The van der Waals surface area contributed by atoms with Crippen molar-refractivity contribution in [2.45, 2.75) is 26.3 Å². The van der Waals surface area contributed by atoms with Crippen molar-refractivity contribution in [3.8, 4) is 0 Å². The SMILES string of the molecule is CC(=O)N1Cc2ccccc2C(C)C1. The van der Waals surface area contributed by atoms with Crippen molar-refractivity contribution in [3.63, 3.8) is 0 Å². The van der Waals surface area contributed by atoms with E-state index in [9.17, 15) is 4.79 Å². The van der Waals surface area contributed by atoms with Crippen LogP contribution in [-0.4, -0.2) is 17.4 Å². The Hall–Kier alpha value is -1.31. The Balaban J connectivity index is 2.33. The molecule has 74 valence electrons. The molecule has 14 heavy (non-hydrogen) atoms. The van der Waals surface area contributed by atoms with Gasteiger partial charge in [-0.3, -0.25) is 4.79 Å². The predicted octanol–water partition coefficient (Wildman–Crippen LogP) is 2.15. The number of carbonyl (C=O) groups is 1. The Morgan fingerprint density at radius 3 is 2.86 bits per heavy atom. The molecule has 1 amide bonds. The molecule has 1 aliphatic rings. The molecule has 0 N–H and O–H groups in total. The minimum atomic E-state index is 0.173. The predicted molar refractivity (Wildman–Crippen MR) is 55.9 cm³/mol. The van der Waals surface area contributed by atoms with E-state index in [2.05, 4.69) is 25.1 Å². The third-order valence-electron chi connectivity index (χ3n) is 2.89. The van der Waals surface area contributed by atoms with Gasteiger partial charge in [0.1, 0.15) is 0 Å². The molecule has 1 heterocycles. The second-order valence-electron chi connectivity index (χ2n) is 4.00. The number of rotatable bonds is 0. The van der Waals surface area contributed by atoms with Gasteiger partial charge in [0.25, 0.3) is 0 Å². The van der Waals surface area contributed by atoms with Gasteiger partial charge in [0.2, 0.25) is 5.91 Å². The van der Waals surface area contributed by atoms with E-state index in [1.165, 1.54) is 11.1 Å². The van der Waals surface area contributed by atoms with Gasteiger partial charge in [-0.2, -0.15) is 0 Å². The summed E-state index contributed by atoms with van der Waals surface area (Å²) in [6.45, 7) is 5.44. The zero-order valence-corrected chi connectivity index (χ0v) is 8.66. The summed E-state index contributed by atoms with van der Waals surface area (Å²) in [4.78, 5) is 13.2. The van der Waals surface area contributed by atoms with Crippen LogP contribution >= 0.6 is 0 Å². The van der Waals surface area contributed by atoms with E-state index in [1.807, 2.05) is 11.0 Å². The molecule has 0 fully saturated rings. The Bertz CT molecular complexity index is 359. The maximum atomic E-state index is 11.3. The molecule has 1 aromatic carbocycles. The Labute approximate surface area is 84.5 Å². The summed E-state index contributed by atoms with van der Waals surface area (Å²) in [6.07, 6.45) is 0. The minimum absolute atomic E-state index is 0.173. The number of fused-ring (bicyclic) bond motifs is 1. The lowest BCUT2D eigenvalue weighted by molar-refractivity contribution is -0.130. The van der Waals surface area contributed by atoms with Crippen LogP contribution in [-0.2, 0) is 11.3 Å². The molecule has 0 spiro atoms. The molecular formula is C12H15NO. The monoisotopic (exact) mass is 189 g/mol. The summed E-state index contributed by atoms with van der Waals surface area (Å²) in [5, 5.41) is 0. The lowest BCUT2D eigenvalue weighted by atomic mass is 9.91. The first-order valence-corrected chi connectivity index (χ1v) is 5.02. The van der Waals surface area contributed by atoms with E-state index in [-0.39, 0.29) is 5.91 Å². The van der Waals surface area contributed by atoms with Gasteiger partial charge in [-0.1, -0.05) is 31.2 Å². The first-order chi connectivity index (χ1) is 6.68. The number of carbonyl (C=O) groups excluding carboxylic acids is 1. The average molecular weight is 189 g/mol. The number of hydrogen-bond acceptors (Lipinski definition) is 1. The molecule has 1 aliphatic heterocycles. The number of benzene rings is 1. The van der Waals surface area contributed by atoms with Crippen molar-refractivity contribution in [2.24, 2.45) is 0 Å². The molecule has 0 aliphatic carbocycles. The second-order valence-corrected chi connectivity index (χ2v) is 4.00. The van der Waals surface area contributed by atoms with Crippen LogP contribution in [0.2, 0.25) is 0 Å². The molecule has 0 radical (unpaired) electrons. The van der Waals surface area contributed by atoms with Gasteiger partial charge in [-0.25, -0.2) is 0 Å². The second kappa shape index (κ2) is 3.45. The topological polar surface area (TPSA) is 20.3 Å². The average Bonchev–Trinajstić information content (AvgIpc) is 2.17. The molecule has 0 saturated carbocycles. The number of nitrogens with zero attached hydrogens (tertiary/aromatic N) is 1. The lowest BCUT2D eigenvalue weighted by Gasteiger charge is -2.32. The number of hydrogen-bond donors (Lipinski definition) is 0. The molecule has 0 saturated heterocycles. The Morgan fingerprint density at radius 2 is 2.14 bits per heavy atom. The quantitative estimate of drug-likeness (QED) is 0.612. The van der Waals surface area contributed by atoms with Crippen molar-refractivity contribution in [3.05, 3.63) is 35.4 Å². The zero-order valence-electron chi connectivity index (χ0n) is 8.66. The largest absolute Gasteiger partial charge is 0.338 e. The fraction of sp³-hybridized carbons (Fsp3) is 0.417. The maximum Gasteiger partial charge on any atom is 0.219 e. The van der Waals surface area contributed by atoms with E-state index < -0.39 is 0 Å². The third-order valence-corrected chi connectivity index (χ3v) is 2.89. The smallest absolute Gasteiger partial charge is 0.219 e.